The van der Waals surface area contributed by atoms with Gasteiger partial charge in [0.25, 0.3) is 0 Å². The zero-order valence-electron chi connectivity index (χ0n) is 18.8. The quantitative estimate of drug-likeness (QED) is 0.336. The van der Waals surface area contributed by atoms with Gasteiger partial charge in [0.05, 0.1) is 17.1 Å². The molecule has 1 unspecified atom stereocenters. The Morgan fingerprint density at radius 2 is 2.15 bits per heavy atom. The largest absolute Gasteiger partial charge is 0.352 e. The number of aromatic amines is 1. The molecular formula is C26H24N6OS. The molecule has 0 fully saturated rings. The highest BCUT2D eigenvalue weighted by molar-refractivity contribution is 7.19. The van der Waals surface area contributed by atoms with E-state index < -0.39 is 0 Å². The second-order valence-electron chi connectivity index (χ2n) is 8.85. The average molecular weight is 469 g/mol. The number of fused-ring (bicyclic) bond motifs is 4. The van der Waals surface area contributed by atoms with Crippen molar-refractivity contribution in [1.29, 1.82) is 0 Å². The third kappa shape index (κ3) is 3.90. The number of hydrogen-bond donors (Lipinski definition) is 3. The fourth-order valence-electron chi connectivity index (χ4n) is 4.74. The summed E-state index contributed by atoms with van der Waals surface area (Å²) in [5.74, 6) is 0.924. The van der Waals surface area contributed by atoms with Crippen LogP contribution >= 0.6 is 11.3 Å². The van der Waals surface area contributed by atoms with Gasteiger partial charge in [0, 0.05) is 28.4 Å². The van der Waals surface area contributed by atoms with E-state index in [4.69, 9.17) is 0 Å². The summed E-state index contributed by atoms with van der Waals surface area (Å²) in [4.78, 5) is 24.2. The second-order valence-corrected chi connectivity index (χ2v) is 9.93. The van der Waals surface area contributed by atoms with Crippen LogP contribution in [0.25, 0.3) is 21.1 Å². The van der Waals surface area contributed by atoms with Crippen LogP contribution in [0.4, 0.5) is 11.5 Å². The molecule has 1 aliphatic carbocycles. The van der Waals surface area contributed by atoms with Gasteiger partial charge in [-0.3, -0.25) is 9.89 Å². The summed E-state index contributed by atoms with van der Waals surface area (Å²) in [6.07, 6.45) is 5.84. The molecule has 0 radical (unpaired) electrons. The molecule has 5 aromatic rings. The summed E-state index contributed by atoms with van der Waals surface area (Å²) in [5, 5.41) is 15.8. The molecule has 3 N–H and O–H groups in total. The number of benzene rings is 2. The lowest BCUT2D eigenvalue weighted by Gasteiger charge is -2.22. The SMILES string of the molecule is Cc1cccc(CNC(=O)C2CCc3c(sc4ncnc(Nc5ccc6[nH]ncc6c5)c34)C2)c1. The Labute approximate surface area is 200 Å². The van der Waals surface area contributed by atoms with E-state index in [2.05, 4.69) is 62.0 Å². The maximum absolute atomic E-state index is 12.9. The lowest BCUT2D eigenvalue weighted by molar-refractivity contribution is -0.125. The van der Waals surface area contributed by atoms with E-state index in [1.54, 1.807) is 17.7 Å². The highest BCUT2D eigenvalue weighted by Crippen LogP contribution is 2.40. The standard InChI is InChI=1S/C26H24N6OS/c1-15-3-2-4-16(9-15)12-27-25(33)17-5-7-20-22(11-17)34-26-23(20)24(28-14-29-26)31-19-6-8-21-18(10-19)13-30-32-21/h2-4,6,8-10,13-14,17H,5,7,11-12H2,1H3,(H,27,33)(H,30,32)(H,28,29,31). The number of hydrogen-bond acceptors (Lipinski definition) is 6. The Bertz CT molecular complexity index is 1520. The number of aryl methyl sites for hydroxylation is 2. The van der Waals surface area contributed by atoms with Crippen molar-refractivity contribution >= 4 is 49.9 Å². The molecule has 8 heteroatoms. The van der Waals surface area contributed by atoms with Crippen molar-refractivity contribution < 1.29 is 4.79 Å². The summed E-state index contributed by atoms with van der Waals surface area (Å²) < 4.78 is 0. The number of carbonyl (C=O) groups excluding carboxylic acids is 1. The molecule has 6 rings (SSSR count). The van der Waals surface area contributed by atoms with Crippen LogP contribution in [0.15, 0.2) is 55.0 Å². The van der Waals surface area contributed by atoms with Crippen molar-refractivity contribution in [3.63, 3.8) is 0 Å². The van der Waals surface area contributed by atoms with Gasteiger partial charge in [-0.2, -0.15) is 5.10 Å². The molecule has 2 aromatic carbocycles. The molecule has 0 saturated heterocycles. The zero-order valence-corrected chi connectivity index (χ0v) is 19.6. The van der Waals surface area contributed by atoms with Gasteiger partial charge in [-0.15, -0.1) is 11.3 Å². The number of thiophene rings is 1. The first-order chi connectivity index (χ1) is 16.6. The van der Waals surface area contributed by atoms with Crippen LogP contribution in [0.5, 0.6) is 0 Å². The molecule has 1 aliphatic rings. The van der Waals surface area contributed by atoms with Gasteiger partial charge in [-0.1, -0.05) is 29.8 Å². The van der Waals surface area contributed by atoms with Crippen molar-refractivity contribution in [1.82, 2.24) is 25.5 Å². The summed E-state index contributed by atoms with van der Waals surface area (Å²) in [6.45, 7) is 2.63. The van der Waals surface area contributed by atoms with Gasteiger partial charge in [-0.25, -0.2) is 9.97 Å². The van der Waals surface area contributed by atoms with Gasteiger partial charge in [-0.05, 0) is 55.5 Å². The van der Waals surface area contributed by atoms with Crippen molar-refractivity contribution in [2.45, 2.75) is 32.7 Å². The smallest absolute Gasteiger partial charge is 0.223 e. The van der Waals surface area contributed by atoms with Crippen LogP contribution in [-0.4, -0.2) is 26.1 Å². The van der Waals surface area contributed by atoms with Crippen LogP contribution in [0.1, 0.15) is 28.0 Å². The highest BCUT2D eigenvalue weighted by atomic mass is 32.1. The maximum atomic E-state index is 12.9. The number of nitrogens with one attached hydrogen (secondary N) is 3. The number of H-pyrrole nitrogens is 1. The van der Waals surface area contributed by atoms with Crippen LogP contribution in [-0.2, 0) is 24.2 Å². The molecule has 34 heavy (non-hydrogen) atoms. The van der Waals surface area contributed by atoms with E-state index in [1.807, 2.05) is 24.4 Å². The first kappa shape index (κ1) is 20.8. The first-order valence-electron chi connectivity index (χ1n) is 11.4. The van der Waals surface area contributed by atoms with Crippen LogP contribution in [0.2, 0.25) is 0 Å². The molecular weight excluding hydrogens is 444 g/mol. The monoisotopic (exact) mass is 468 g/mol. The summed E-state index contributed by atoms with van der Waals surface area (Å²) in [6, 6.07) is 14.3. The Kier molecular flexibility index (Phi) is 5.22. The van der Waals surface area contributed by atoms with E-state index in [0.717, 1.165) is 57.5 Å². The van der Waals surface area contributed by atoms with Crippen LogP contribution in [0.3, 0.4) is 0 Å². The Morgan fingerprint density at radius 3 is 3.06 bits per heavy atom. The molecule has 3 aromatic heterocycles. The number of anilines is 2. The number of nitrogens with zero attached hydrogens (tertiary/aromatic N) is 3. The zero-order chi connectivity index (χ0) is 23.1. The van der Waals surface area contributed by atoms with E-state index in [-0.39, 0.29) is 11.8 Å². The summed E-state index contributed by atoms with van der Waals surface area (Å²) in [5.41, 5.74) is 5.56. The van der Waals surface area contributed by atoms with Crippen molar-refractivity contribution in [3.05, 3.63) is 76.6 Å². The molecule has 0 aliphatic heterocycles. The van der Waals surface area contributed by atoms with Gasteiger partial charge in [0.1, 0.15) is 17.0 Å². The minimum atomic E-state index is -0.0155. The highest BCUT2D eigenvalue weighted by Gasteiger charge is 2.29. The van der Waals surface area contributed by atoms with E-state index in [9.17, 15) is 4.79 Å². The van der Waals surface area contributed by atoms with Crippen molar-refractivity contribution in [3.8, 4) is 0 Å². The normalized spacial score (nSPS) is 15.4. The second kappa shape index (κ2) is 8.53. The first-order valence-corrected chi connectivity index (χ1v) is 12.2. The van der Waals surface area contributed by atoms with Gasteiger partial charge >= 0.3 is 0 Å². The average Bonchev–Trinajstić information content (AvgIpc) is 3.46. The molecule has 170 valence electrons. The fraction of sp³-hybridized carbons (Fsp3) is 0.231. The molecule has 1 atom stereocenters. The predicted molar refractivity (Wildman–Crippen MR) is 135 cm³/mol. The molecule has 3 heterocycles. The van der Waals surface area contributed by atoms with Crippen LogP contribution < -0.4 is 10.6 Å². The molecule has 0 spiro atoms. The van der Waals surface area contributed by atoms with E-state index in [1.165, 1.54) is 16.0 Å². The van der Waals surface area contributed by atoms with E-state index in [0.29, 0.717) is 6.54 Å². The molecule has 0 saturated carbocycles. The minimum absolute atomic E-state index is 0.0155. The minimum Gasteiger partial charge on any atom is -0.352 e. The lowest BCUT2D eigenvalue weighted by atomic mass is 9.87. The Hall–Kier alpha value is -3.78. The van der Waals surface area contributed by atoms with Gasteiger partial charge in [0.15, 0.2) is 0 Å². The van der Waals surface area contributed by atoms with Gasteiger partial charge < -0.3 is 10.6 Å². The summed E-state index contributed by atoms with van der Waals surface area (Å²) >= 11 is 1.68. The third-order valence-corrected chi connectivity index (χ3v) is 7.63. The number of carbonyl (C=O) groups is 1. The number of rotatable bonds is 5. The van der Waals surface area contributed by atoms with Crippen molar-refractivity contribution in [2.24, 2.45) is 5.92 Å². The topological polar surface area (TPSA) is 95.6 Å². The fourth-order valence-corrected chi connectivity index (χ4v) is 6.01. The van der Waals surface area contributed by atoms with Gasteiger partial charge in [0.2, 0.25) is 5.91 Å². The maximum Gasteiger partial charge on any atom is 0.223 e. The predicted octanol–water partition coefficient (Wildman–Crippen LogP) is 5.04. The van der Waals surface area contributed by atoms with E-state index >= 15 is 0 Å². The number of amides is 1. The molecule has 7 nitrogen and oxygen atoms in total. The third-order valence-electron chi connectivity index (χ3n) is 6.47. The number of aromatic nitrogens is 4. The Balaban J connectivity index is 1.22. The van der Waals surface area contributed by atoms with Crippen LogP contribution in [0, 0.1) is 12.8 Å². The molecule has 0 bridgehead atoms. The van der Waals surface area contributed by atoms with Crippen molar-refractivity contribution in [2.75, 3.05) is 5.32 Å². The Morgan fingerprint density at radius 1 is 1.21 bits per heavy atom. The summed E-state index contributed by atoms with van der Waals surface area (Å²) in [7, 11) is 0. The molecule has 1 amide bonds. The lowest BCUT2D eigenvalue weighted by Crippen LogP contribution is -2.33.